The normalized spacial score (nSPS) is 13.9. The van der Waals surface area contributed by atoms with Crippen LogP contribution in [0, 0.1) is 5.41 Å². The van der Waals surface area contributed by atoms with Gasteiger partial charge in [0.05, 0.1) is 11.3 Å². The third-order valence-corrected chi connectivity index (χ3v) is 4.51. The molecule has 118 valence electrons. The molecular formula is C14H20ClNO4S. The van der Waals surface area contributed by atoms with Crippen LogP contribution < -0.4 is 4.72 Å². The predicted octanol–water partition coefficient (Wildman–Crippen LogP) is 2.90. The molecule has 1 aromatic rings. The van der Waals surface area contributed by atoms with Gasteiger partial charge in [-0.15, -0.1) is 0 Å². The molecule has 0 saturated carbocycles. The van der Waals surface area contributed by atoms with Crippen LogP contribution in [0.25, 0.3) is 0 Å². The second-order valence-corrected chi connectivity index (χ2v) is 8.29. The Bertz CT molecular complexity index is 590. The van der Waals surface area contributed by atoms with Crippen LogP contribution in [0.2, 0.25) is 5.02 Å². The summed E-state index contributed by atoms with van der Waals surface area (Å²) in [5.74, 6) is -1.04. The molecule has 0 amide bonds. The summed E-state index contributed by atoms with van der Waals surface area (Å²) < 4.78 is 27.0. The van der Waals surface area contributed by atoms with E-state index in [4.69, 9.17) is 16.7 Å². The van der Waals surface area contributed by atoms with E-state index in [1.54, 1.807) is 0 Å². The Kier molecular flexibility index (Phi) is 5.78. The summed E-state index contributed by atoms with van der Waals surface area (Å²) in [6.07, 6.45) is 0.163. The molecule has 21 heavy (non-hydrogen) atoms. The van der Waals surface area contributed by atoms with E-state index in [2.05, 4.69) is 4.72 Å². The first-order chi connectivity index (χ1) is 9.49. The molecule has 1 unspecified atom stereocenters. The molecule has 0 radical (unpaired) electrons. The molecule has 2 N–H and O–H groups in total. The van der Waals surface area contributed by atoms with E-state index in [1.807, 2.05) is 20.8 Å². The Labute approximate surface area is 130 Å². The Morgan fingerprint density at radius 2 is 1.81 bits per heavy atom. The molecule has 0 aromatic heterocycles. The molecule has 0 aliphatic rings. The highest BCUT2D eigenvalue weighted by Crippen LogP contribution is 2.23. The van der Waals surface area contributed by atoms with Crippen LogP contribution in [0.3, 0.4) is 0 Å². The number of nitrogens with one attached hydrogen (secondary N) is 1. The van der Waals surface area contributed by atoms with Crippen molar-refractivity contribution in [2.45, 2.75) is 44.6 Å². The smallest absolute Gasteiger partial charge is 0.304 e. The summed E-state index contributed by atoms with van der Waals surface area (Å²) >= 11 is 5.73. The van der Waals surface area contributed by atoms with Crippen molar-refractivity contribution >= 4 is 27.6 Å². The van der Waals surface area contributed by atoms with E-state index >= 15 is 0 Å². The van der Waals surface area contributed by atoms with Crippen LogP contribution in [0.1, 0.15) is 33.6 Å². The SMILES string of the molecule is CC(C)(C)CC(CC(=O)O)NS(=O)(=O)c1ccc(Cl)cc1. The van der Waals surface area contributed by atoms with E-state index in [0.29, 0.717) is 11.4 Å². The molecule has 0 bridgehead atoms. The molecule has 0 heterocycles. The molecule has 0 spiro atoms. The van der Waals surface area contributed by atoms with Crippen molar-refractivity contribution in [1.82, 2.24) is 4.72 Å². The topological polar surface area (TPSA) is 83.5 Å². The van der Waals surface area contributed by atoms with Gasteiger partial charge in [0.2, 0.25) is 10.0 Å². The van der Waals surface area contributed by atoms with Crippen LogP contribution in [0.15, 0.2) is 29.2 Å². The van der Waals surface area contributed by atoms with Crippen molar-refractivity contribution in [1.29, 1.82) is 0 Å². The van der Waals surface area contributed by atoms with E-state index in [9.17, 15) is 13.2 Å². The molecule has 1 atom stereocenters. The predicted molar refractivity (Wildman–Crippen MR) is 81.9 cm³/mol. The number of benzene rings is 1. The summed E-state index contributed by atoms with van der Waals surface area (Å²) in [7, 11) is -3.77. The number of rotatable bonds is 6. The highest BCUT2D eigenvalue weighted by molar-refractivity contribution is 7.89. The van der Waals surface area contributed by atoms with Crippen molar-refractivity contribution in [3.05, 3.63) is 29.3 Å². The van der Waals surface area contributed by atoms with Gasteiger partial charge in [0.1, 0.15) is 0 Å². The number of carboxylic acids is 1. The second-order valence-electron chi connectivity index (χ2n) is 6.13. The lowest BCUT2D eigenvalue weighted by molar-refractivity contribution is -0.137. The van der Waals surface area contributed by atoms with E-state index < -0.39 is 22.0 Å². The van der Waals surface area contributed by atoms with Gasteiger partial charge in [-0.3, -0.25) is 4.79 Å². The maximum Gasteiger partial charge on any atom is 0.304 e. The molecule has 0 fully saturated rings. The fraction of sp³-hybridized carbons (Fsp3) is 0.500. The number of halogens is 1. The molecule has 0 saturated heterocycles. The zero-order valence-corrected chi connectivity index (χ0v) is 13.8. The number of sulfonamides is 1. The van der Waals surface area contributed by atoms with Crippen LogP contribution in [0.5, 0.6) is 0 Å². The Morgan fingerprint density at radius 1 is 1.29 bits per heavy atom. The zero-order valence-electron chi connectivity index (χ0n) is 12.3. The zero-order chi connectivity index (χ0) is 16.3. The van der Waals surface area contributed by atoms with Gasteiger partial charge >= 0.3 is 5.97 Å². The summed E-state index contributed by atoms with van der Waals surface area (Å²) in [5, 5.41) is 9.37. The van der Waals surface area contributed by atoms with Crippen LogP contribution in [-0.4, -0.2) is 25.5 Å². The summed E-state index contributed by atoms with van der Waals surface area (Å²) in [5.41, 5.74) is -0.192. The average Bonchev–Trinajstić information content (AvgIpc) is 2.25. The first-order valence-corrected chi connectivity index (χ1v) is 8.35. The summed E-state index contributed by atoms with van der Waals surface area (Å²) in [4.78, 5) is 11.0. The minimum Gasteiger partial charge on any atom is -0.481 e. The lowest BCUT2D eigenvalue weighted by Gasteiger charge is -2.25. The lowest BCUT2D eigenvalue weighted by atomic mass is 9.87. The largest absolute Gasteiger partial charge is 0.481 e. The van der Waals surface area contributed by atoms with Gasteiger partial charge in [0.25, 0.3) is 0 Å². The van der Waals surface area contributed by atoms with Crippen LogP contribution >= 0.6 is 11.6 Å². The van der Waals surface area contributed by atoms with Crippen molar-refractivity contribution in [2.75, 3.05) is 0 Å². The maximum atomic E-state index is 12.3. The van der Waals surface area contributed by atoms with Crippen molar-refractivity contribution < 1.29 is 18.3 Å². The van der Waals surface area contributed by atoms with Gasteiger partial charge in [0.15, 0.2) is 0 Å². The van der Waals surface area contributed by atoms with Gasteiger partial charge < -0.3 is 5.11 Å². The quantitative estimate of drug-likeness (QED) is 0.838. The van der Waals surface area contributed by atoms with Crippen molar-refractivity contribution in [2.24, 2.45) is 5.41 Å². The van der Waals surface area contributed by atoms with Crippen LogP contribution in [0.4, 0.5) is 0 Å². The van der Waals surface area contributed by atoms with Gasteiger partial charge in [-0.25, -0.2) is 13.1 Å². The minimum atomic E-state index is -3.77. The first kappa shape index (κ1) is 17.9. The second kappa shape index (κ2) is 6.77. The monoisotopic (exact) mass is 333 g/mol. The average molecular weight is 334 g/mol. The third-order valence-electron chi connectivity index (χ3n) is 2.73. The Hall–Kier alpha value is -1.11. The van der Waals surface area contributed by atoms with E-state index in [0.717, 1.165) is 0 Å². The molecule has 0 aliphatic carbocycles. The van der Waals surface area contributed by atoms with Crippen molar-refractivity contribution in [3.8, 4) is 0 Å². The molecule has 1 aromatic carbocycles. The molecular weight excluding hydrogens is 314 g/mol. The third kappa shape index (κ3) is 6.46. The molecule has 7 heteroatoms. The van der Waals surface area contributed by atoms with E-state index in [-0.39, 0.29) is 16.7 Å². The Balaban J connectivity index is 2.95. The van der Waals surface area contributed by atoms with E-state index in [1.165, 1.54) is 24.3 Å². The van der Waals surface area contributed by atoms with Gasteiger partial charge in [-0.05, 0) is 36.1 Å². The highest BCUT2D eigenvalue weighted by atomic mass is 35.5. The van der Waals surface area contributed by atoms with Crippen molar-refractivity contribution in [3.63, 3.8) is 0 Å². The van der Waals surface area contributed by atoms with Crippen LogP contribution in [-0.2, 0) is 14.8 Å². The van der Waals surface area contributed by atoms with Gasteiger partial charge in [0, 0.05) is 11.1 Å². The number of carbonyl (C=O) groups is 1. The maximum absolute atomic E-state index is 12.3. The molecule has 0 aliphatic heterocycles. The summed E-state index contributed by atoms with van der Waals surface area (Å²) in [6.45, 7) is 5.79. The summed E-state index contributed by atoms with van der Waals surface area (Å²) in [6, 6.07) is 5.07. The number of carboxylic acid groups (broad SMARTS) is 1. The standard InChI is InChI=1S/C14H20ClNO4S/c1-14(2,3)9-11(8-13(17)18)16-21(19,20)12-6-4-10(15)5-7-12/h4-7,11,16H,8-9H2,1-3H3,(H,17,18). The fourth-order valence-electron chi connectivity index (χ4n) is 2.01. The van der Waals surface area contributed by atoms with Gasteiger partial charge in [-0.1, -0.05) is 32.4 Å². The van der Waals surface area contributed by atoms with Gasteiger partial charge in [-0.2, -0.15) is 0 Å². The fourth-order valence-corrected chi connectivity index (χ4v) is 3.37. The number of hydrogen-bond acceptors (Lipinski definition) is 3. The minimum absolute atomic E-state index is 0.0659. The molecule has 5 nitrogen and oxygen atoms in total. The molecule has 1 rings (SSSR count). The highest BCUT2D eigenvalue weighted by Gasteiger charge is 2.26. The first-order valence-electron chi connectivity index (χ1n) is 6.49. The number of hydrogen-bond donors (Lipinski definition) is 2. The number of aliphatic carboxylic acids is 1. The Morgan fingerprint density at radius 3 is 2.24 bits per heavy atom. The lowest BCUT2D eigenvalue weighted by Crippen LogP contribution is -2.39.